The van der Waals surface area contributed by atoms with Gasteiger partial charge in [0.15, 0.2) is 0 Å². The Hall–Kier alpha value is -2.41. The molecule has 3 rings (SSSR count). The van der Waals surface area contributed by atoms with Crippen LogP contribution in [-0.2, 0) is 13.2 Å². The SMILES string of the molecule is COc1ccccc1CN/N=C\c1cc(I)c(OCc2ccc([N+](=O)[O-])cc2)c(I)c1. The van der Waals surface area contributed by atoms with Gasteiger partial charge < -0.3 is 14.9 Å². The number of halogens is 2. The van der Waals surface area contributed by atoms with Crippen LogP contribution >= 0.6 is 45.2 Å². The van der Waals surface area contributed by atoms with Crippen molar-refractivity contribution in [1.82, 2.24) is 5.43 Å². The zero-order chi connectivity index (χ0) is 22.2. The van der Waals surface area contributed by atoms with Gasteiger partial charge in [0.25, 0.3) is 5.69 Å². The minimum atomic E-state index is -0.415. The van der Waals surface area contributed by atoms with Crippen LogP contribution in [0, 0.1) is 17.3 Å². The lowest BCUT2D eigenvalue weighted by atomic mass is 10.2. The first kappa shape index (κ1) is 23.3. The zero-order valence-corrected chi connectivity index (χ0v) is 20.9. The van der Waals surface area contributed by atoms with Crippen LogP contribution in [-0.4, -0.2) is 18.2 Å². The molecule has 1 N–H and O–H groups in total. The number of benzene rings is 3. The largest absolute Gasteiger partial charge is 0.496 e. The zero-order valence-electron chi connectivity index (χ0n) is 16.5. The van der Waals surface area contributed by atoms with Gasteiger partial charge >= 0.3 is 0 Å². The van der Waals surface area contributed by atoms with Crippen molar-refractivity contribution < 1.29 is 14.4 Å². The van der Waals surface area contributed by atoms with Crippen molar-refractivity contribution in [2.75, 3.05) is 7.11 Å². The van der Waals surface area contributed by atoms with Gasteiger partial charge in [0.05, 0.1) is 31.9 Å². The van der Waals surface area contributed by atoms with Gasteiger partial charge in [-0.15, -0.1) is 0 Å². The number of methoxy groups -OCH3 is 1. The van der Waals surface area contributed by atoms with E-state index in [2.05, 4.69) is 55.7 Å². The van der Waals surface area contributed by atoms with Crippen LogP contribution in [0.3, 0.4) is 0 Å². The highest BCUT2D eigenvalue weighted by Crippen LogP contribution is 2.29. The molecule has 0 aliphatic rings. The van der Waals surface area contributed by atoms with E-state index in [1.54, 1.807) is 25.5 Å². The summed E-state index contributed by atoms with van der Waals surface area (Å²) in [4.78, 5) is 10.3. The van der Waals surface area contributed by atoms with E-state index in [1.807, 2.05) is 36.4 Å². The Bertz CT molecular complexity index is 1070. The average molecular weight is 643 g/mol. The third-order valence-electron chi connectivity index (χ3n) is 4.32. The van der Waals surface area contributed by atoms with E-state index in [4.69, 9.17) is 9.47 Å². The highest BCUT2D eigenvalue weighted by molar-refractivity contribution is 14.1. The molecular formula is C22H19I2N3O4. The van der Waals surface area contributed by atoms with E-state index in [1.165, 1.54) is 12.1 Å². The Balaban J connectivity index is 1.60. The first-order valence-corrected chi connectivity index (χ1v) is 11.4. The summed E-state index contributed by atoms with van der Waals surface area (Å²) in [5, 5.41) is 15.1. The average Bonchev–Trinajstić information content (AvgIpc) is 2.76. The minimum absolute atomic E-state index is 0.0656. The highest BCUT2D eigenvalue weighted by atomic mass is 127. The molecule has 0 aliphatic carbocycles. The second-order valence-corrected chi connectivity index (χ2v) is 8.76. The van der Waals surface area contributed by atoms with Crippen LogP contribution in [0.1, 0.15) is 16.7 Å². The smallest absolute Gasteiger partial charge is 0.269 e. The maximum absolute atomic E-state index is 10.8. The summed E-state index contributed by atoms with van der Waals surface area (Å²) in [7, 11) is 1.65. The maximum Gasteiger partial charge on any atom is 0.269 e. The summed E-state index contributed by atoms with van der Waals surface area (Å²) >= 11 is 4.46. The Morgan fingerprint density at radius 3 is 2.42 bits per heavy atom. The fraction of sp³-hybridized carbons (Fsp3) is 0.136. The molecule has 0 unspecified atom stereocenters. The van der Waals surface area contributed by atoms with Gasteiger partial charge in [0.2, 0.25) is 0 Å². The van der Waals surface area contributed by atoms with Gasteiger partial charge in [-0.2, -0.15) is 5.10 Å². The van der Waals surface area contributed by atoms with Crippen LogP contribution in [0.15, 0.2) is 65.8 Å². The number of para-hydroxylation sites is 1. The number of nitro benzene ring substituents is 1. The molecule has 0 atom stereocenters. The Kier molecular flexibility index (Phi) is 8.46. The second kappa shape index (κ2) is 11.3. The van der Waals surface area contributed by atoms with E-state index in [-0.39, 0.29) is 5.69 Å². The molecule has 0 amide bonds. The molecule has 160 valence electrons. The maximum atomic E-state index is 10.8. The third-order valence-corrected chi connectivity index (χ3v) is 5.92. The highest BCUT2D eigenvalue weighted by Gasteiger charge is 2.10. The number of hydrazone groups is 1. The molecule has 9 heteroatoms. The number of nitrogens with zero attached hydrogens (tertiary/aromatic N) is 2. The first-order valence-electron chi connectivity index (χ1n) is 9.21. The van der Waals surface area contributed by atoms with E-state index in [0.717, 1.165) is 35.3 Å². The van der Waals surface area contributed by atoms with Crippen LogP contribution < -0.4 is 14.9 Å². The van der Waals surface area contributed by atoms with E-state index in [0.29, 0.717) is 13.2 Å². The molecule has 0 fully saturated rings. The van der Waals surface area contributed by atoms with Crippen LogP contribution in [0.25, 0.3) is 0 Å². The topological polar surface area (TPSA) is 86.0 Å². The number of rotatable bonds is 9. The predicted octanol–water partition coefficient (Wildman–Crippen LogP) is 5.52. The lowest BCUT2D eigenvalue weighted by molar-refractivity contribution is -0.384. The van der Waals surface area contributed by atoms with Crippen LogP contribution in [0.5, 0.6) is 11.5 Å². The van der Waals surface area contributed by atoms with Crippen molar-refractivity contribution in [1.29, 1.82) is 0 Å². The summed E-state index contributed by atoms with van der Waals surface area (Å²) < 4.78 is 13.2. The van der Waals surface area contributed by atoms with Crippen molar-refractivity contribution >= 4 is 57.1 Å². The van der Waals surface area contributed by atoms with E-state index < -0.39 is 4.92 Å². The van der Waals surface area contributed by atoms with Crippen LogP contribution in [0.4, 0.5) is 5.69 Å². The lowest BCUT2D eigenvalue weighted by Crippen LogP contribution is -2.07. The number of nitrogens with one attached hydrogen (secondary N) is 1. The molecule has 0 spiro atoms. The summed E-state index contributed by atoms with van der Waals surface area (Å²) in [5.74, 6) is 1.60. The van der Waals surface area contributed by atoms with Gasteiger partial charge in [0, 0.05) is 17.7 Å². The number of non-ortho nitro benzene ring substituents is 1. The molecule has 0 aromatic heterocycles. The molecule has 0 bridgehead atoms. The first-order chi connectivity index (χ1) is 15.0. The quantitative estimate of drug-likeness (QED) is 0.144. The van der Waals surface area contributed by atoms with Gasteiger partial charge in [-0.1, -0.05) is 18.2 Å². The molecule has 7 nitrogen and oxygen atoms in total. The van der Waals surface area contributed by atoms with Crippen molar-refractivity contribution in [2.24, 2.45) is 5.10 Å². The fourth-order valence-electron chi connectivity index (χ4n) is 2.76. The Morgan fingerprint density at radius 2 is 1.77 bits per heavy atom. The number of hydrogen-bond acceptors (Lipinski definition) is 6. The van der Waals surface area contributed by atoms with Crippen molar-refractivity contribution in [3.8, 4) is 11.5 Å². The second-order valence-electron chi connectivity index (χ2n) is 6.43. The van der Waals surface area contributed by atoms with Crippen LogP contribution in [0.2, 0.25) is 0 Å². The lowest BCUT2D eigenvalue weighted by Gasteiger charge is -2.11. The summed E-state index contributed by atoms with van der Waals surface area (Å²) in [6.07, 6.45) is 1.76. The fourth-order valence-corrected chi connectivity index (χ4v) is 4.89. The molecule has 0 heterocycles. The molecule has 3 aromatic rings. The van der Waals surface area contributed by atoms with Crippen molar-refractivity contribution in [3.05, 3.63) is 94.6 Å². The standard InChI is InChI=1S/C22H19I2N3O4/c1-30-21-5-3-2-4-17(21)13-26-25-12-16-10-19(23)22(20(24)11-16)31-14-15-6-8-18(9-7-15)27(28)29/h2-12,26H,13-14H2,1H3/b25-12-. The summed E-state index contributed by atoms with van der Waals surface area (Å²) in [6, 6.07) is 18.1. The molecular weight excluding hydrogens is 624 g/mol. The monoisotopic (exact) mass is 643 g/mol. The number of hydrogen-bond donors (Lipinski definition) is 1. The molecule has 31 heavy (non-hydrogen) atoms. The van der Waals surface area contributed by atoms with Gasteiger partial charge in [-0.05, 0) is 86.6 Å². The number of nitro groups is 1. The van der Waals surface area contributed by atoms with Crippen molar-refractivity contribution in [2.45, 2.75) is 13.2 Å². The minimum Gasteiger partial charge on any atom is -0.496 e. The summed E-state index contributed by atoms with van der Waals surface area (Å²) in [6.45, 7) is 0.892. The summed E-state index contributed by atoms with van der Waals surface area (Å²) in [5.41, 5.74) is 5.95. The van der Waals surface area contributed by atoms with Gasteiger partial charge in [-0.25, -0.2) is 0 Å². The predicted molar refractivity (Wildman–Crippen MR) is 137 cm³/mol. The van der Waals surface area contributed by atoms with Crippen molar-refractivity contribution in [3.63, 3.8) is 0 Å². The molecule has 0 aliphatic heterocycles. The Labute approximate surface area is 207 Å². The normalized spacial score (nSPS) is 10.8. The molecule has 0 saturated heterocycles. The molecule has 0 radical (unpaired) electrons. The van der Waals surface area contributed by atoms with Gasteiger partial charge in [0.1, 0.15) is 18.1 Å². The third kappa shape index (κ3) is 6.53. The molecule has 0 saturated carbocycles. The van der Waals surface area contributed by atoms with E-state index >= 15 is 0 Å². The van der Waals surface area contributed by atoms with Gasteiger partial charge in [-0.3, -0.25) is 10.1 Å². The Morgan fingerprint density at radius 1 is 1.10 bits per heavy atom. The van der Waals surface area contributed by atoms with E-state index in [9.17, 15) is 10.1 Å². The molecule has 3 aromatic carbocycles. The number of ether oxygens (including phenoxy) is 2.